The number of nitrogens with one attached hydrogen (secondary N) is 2. The SMILES string of the molecule is CCCC[C@@H](NC(=O)OCc1ccccc1)C(=O)N[C@H](CC(C)C)C(=O)OC. The summed E-state index contributed by atoms with van der Waals surface area (Å²) in [4.78, 5) is 36.8. The number of methoxy groups -OCH3 is 1. The van der Waals surface area contributed by atoms with Gasteiger partial charge in [-0.05, 0) is 24.3 Å². The first-order valence-electron chi connectivity index (χ1n) is 9.72. The number of hydrogen-bond acceptors (Lipinski definition) is 5. The van der Waals surface area contributed by atoms with E-state index in [4.69, 9.17) is 9.47 Å². The fraction of sp³-hybridized carbons (Fsp3) is 0.571. The Kier molecular flexibility index (Phi) is 10.7. The first-order chi connectivity index (χ1) is 13.4. The number of hydrogen-bond donors (Lipinski definition) is 2. The molecule has 0 fully saturated rings. The molecule has 156 valence electrons. The molecule has 2 N–H and O–H groups in total. The van der Waals surface area contributed by atoms with Crippen LogP contribution in [0, 0.1) is 5.92 Å². The predicted molar refractivity (Wildman–Crippen MR) is 106 cm³/mol. The lowest BCUT2D eigenvalue weighted by Gasteiger charge is -2.23. The Morgan fingerprint density at radius 1 is 1.04 bits per heavy atom. The second-order valence-electron chi connectivity index (χ2n) is 7.11. The summed E-state index contributed by atoms with van der Waals surface area (Å²) < 4.78 is 9.98. The minimum absolute atomic E-state index is 0.118. The van der Waals surface area contributed by atoms with Gasteiger partial charge < -0.3 is 20.1 Å². The lowest BCUT2D eigenvalue weighted by molar-refractivity contribution is -0.145. The summed E-state index contributed by atoms with van der Waals surface area (Å²) in [6.07, 6.45) is 1.87. The first kappa shape index (κ1) is 23.5. The van der Waals surface area contributed by atoms with Crippen molar-refractivity contribution in [3.63, 3.8) is 0 Å². The molecule has 0 radical (unpaired) electrons. The van der Waals surface area contributed by atoms with Crippen LogP contribution < -0.4 is 10.6 Å². The Morgan fingerprint density at radius 2 is 1.71 bits per heavy atom. The van der Waals surface area contributed by atoms with Gasteiger partial charge in [-0.25, -0.2) is 9.59 Å². The highest BCUT2D eigenvalue weighted by Crippen LogP contribution is 2.09. The zero-order valence-corrected chi connectivity index (χ0v) is 17.2. The van der Waals surface area contributed by atoms with Crippen molar-refractivity contribution in [3.8, 4) is 0 Å². The monoisotopic (exact) mass is 392 g/mol. The lowest BCUT2D eigenvalue weighted by Crippen LogP contribution is -2.52. The number of amides is 2. The topological polar surface area (TPSA) is 93.7 Å². The van der Waals surface area contributed by atoms with E-state index in [0.717, 1.165) is 18.4 Å². The summed E-state index contributed by atoms with van der Waals surface area (Å²) in [5, 5.41) is 5.32. The van der Waals surface area contributed by atoms with Crippen LogP contribution in [0.1, 0.15) is 52.0 Å². The second-order valence-corrected chi connectivity index (χ2v) is 7.11. The molecule has 0 heterocycles. The maximum atomic E-state index is 12.7. The molecule has 0 spiro atoms. The third-order valence-corrected chi connectivity index (χ3v) is 4.18. The van der Waals surface area contributed by atoms with E-state index in [1.807, 2.05) is 51.1 Å². The van der Waals surface area contributed by atoms with Gasteiger partial charge in [0.05, 0.1) is 7.11 Å². The van der Waals surface area contributed by atoms with E-state index in [-0.39, 0.29) is 12.5 Å². The van der Waals surface area contributed by atoms with Crippen molar-refractivity contribution in [1.29, 1.82) is 0 Å². The largest absolute Gasteiger partial charge is 0.467 e. The number of esters is 1. The molecule has 1 aromatic carbocycles. The number of rotatable bonds is 11. The predicted octanol–water partition coefficient (Wildman–Crippen LogP) is 3.18. The summed E-state index contributed by atoms with van der Waals surface area (Å²) in [5.41, 5.74) is 0.856. The van der Waals surface area contributed by atoms with Crippen LogP contribution >= 0.6 is 0 Å². The number of carbonyl (C=O) groups is 3. The summed E-state index contributed by atoms with van der Waals surface area (Å²) in [6, 6.07) is 7.77. The van der Waals surface area contributed by atoms with Crippen molar-refractivity contribution in [2.24, 2.45) is 5.92 Å². The van der Waals surface area contributed by atoms with Gasteiger partial charge >= 0.3 is 12.1 Å². The van der Waals surface area contributed by atoms with Crippen LogP contribution in [0.3, 0.4) is 0 Å². The zero-order valence-electron chi connectivity index (χ0n) is 17.2. The van der Waals surface area contributed by atoms with Crippen LogP contribution in [0.25, 0.3) is 0 Å². The minimum atomic E-state index is -0.775. The van der Waals surface area contributed by atoms with Crippen molar-refractivity contribution in [2.75, 3.05) is 7.11 Å². The fourth-order valence-corrected chi connectivity index (χ4v) is 2.68. The van der Waals surface area contributed by atoms with Crippen molar-refractivity contribution in [3.05, 3.63) is 35.9 Å². The quantitative estimate of drug-likeness (QED) is 0.564. The molecular weight excluding hydrogens is 360 g/mol. The van der Waals surface area contributed by atoms with Crippen molar-refractivity contribution < 1.29 is 23.9 Å². The van der Waals surface area contributed by atoms with E-state index >= 15 is 0 Å². The molecule has 0 aliphatic carbocycles. The summed E-state index contributed by atoms with van der Waals surface area (Å²) in [5.74, 6) is -0.716. The molecular formula is C21H32N2O5. The van der Waals surface area contributed by atoms with Gasteiger partial charge in [0.2, 0.25) is 5.91 Å². The highest BCUT2D eigenvalue weighted by Gasteiger charge is 2.27. The first-order valence-corrected chi connectivity index (χ1v) is 9.72. The molecule has 7 heteroatoms. The average molecular weight is 392 g/mol. The third kappa shape index (κ3) is 8.88. The molecule has 1 aromatic rings. The standard InChI is InChI=1S/C21H32N2O5/c1-5-6-12-17(19(24)22-18(13-15(2)3)20(25)27-4)23-21(26)28-14-16-10-8-7-9-11-16/h7-11,15,17-18H,5-6,12-14H2,1-4H3,(H,22,24)(H,23,26)/t17-,18-/m1/s1. The van der Waals surface area contributed by atoms with E-state index < -0.39 is 30.1 Å². The molecule has 28 heavy (non-hydrogen) atoms. The smallest absolute Gasteiger partial charge is 0.408 e. The molecule has 0 bridgehead atoms. The second kappa shape index (κ2) is 12.8. The number of benzene rings is 1. The van der Waals surface area contributed by atoms with Crippen molar-refractivity contribution >= 4 is 18.0 Å². The normalized spacial score (nSPS) is 12.8. The zero-order chi connectivity index (χ0) is 20.9. The molecule has 0 aliphatic heterocycles. The summed E-state index contributed by atoms with van der Waals surface area (Å²) >= 11 is 0. The van der Waals surface area contributed by atoms with Crippen LogP contribution in [0.5, 0.6) is 0 Å². The molecule has 0 unspecified atom stereocenters. The third-order valence-electron chi connectivity index (χ3n) is 4.18. The highest BCUT2D eigenvalue weighted by molar-refractivity contribution is 5.89. The molecule has 7 nitrogen and oxygen atoms in total. The van der Waals surface area contributed by atoms with E-state index in [1.54, 1.807) is 0 Å². The number of unbranched alkanes of at least 4 members (excludes halogenated alkanes) is 1. The Morgan fingerprint density at radius 3 is 2.29 bits per heavy atom. The van der Waals surface area contributed by atoms with Crippen molar-refractivity contribution in [1.82, 2.24) is 10.6 Å². The molecule has 1 rings (SSSR count). The Hall–Kier alpha value is -2.57. The van der Waals surface area contributed by atoms with Gasteiger partial charge in [0.1, 0.15) is 18.7 Å². The minimum Gasteiger partial charge on any atom is -0.467 e. The Balaban J connectivity index is 2.69. The van der Waals surface area contributed by atoms with Crippen LogP contribution in [0.15, 0.2) is 30.3 Å². The van der Waals surface area contributed by atoms with Crippen LogP contribution in [0.2, 0.25) is 0 Å². The van der Waals surface area contributed by atoms with Gasteiger partial charge in [0.15, 0.2) is 0 Å². The Bertz CT molecular complexity index is 618. The molecule has 0 saturated heterocycles. The van der Waals surface area contributed by atoms with E-state index in [1.165, 1.54) is 7.11 Å². The maximum Gasteiger partial charge on any atom is 0.408 e. The lowest BCUT2D eigenvalue weighted by atomic mass is 10.0. The molecule has 0 aromatic heterocycles. The van der Waals surface area contributed by atoms with Crippen LogP contribution in [0.4, 0.5) is 4.79 Å². The van der Waals surface area contributed by atoms with Crippen LogP contribution in [-0.2, 0) is 25.7 Å². The van der Waals surface area contributed by atoms with Gasteiger partial charge in [0.25, 0.3) is 0 Å². The van der Waals surface area contributed by atoms with E-state index in [0.29, 0.717) is 12.8 Å². The average Bonchev–Trinajstić information content (AvgIpc) is 2.68. The number of ether oxygens (including phenoxy) is 2. The van der Waals surface area contributed by atoms with Gasteiger partial charge in [-0.3, -0.25) is 4.79 Å². The van der Waals surface area contributed by atoms with Gasteiger partial charge in [-0.1, -0.05) is 63.9 Å². The molecule has 0 aliphatic rings. The van der Waals surface area contributed by atoms with Crippen molar-refractivity contribution in [2.45, 2.75) is 65.1 Å². The molecule has 2 amide bonds. The number of carbonyl (C=O) groups excluding carboxylic acids is 3. The maximum absolute atomic E-state index is 12.7. The van der Waals surface area contributed by atoms with E-state index in [9.17, 15) is 14.4 Å². The fourth-order valence-electron chi connectivity index (χ4n) is 2.68. The Labute approximate surface area is 167 Å². The summed E-state index contributed by atoms with van der Waals surface area (Å²) in [6.45, 7) is 6.03. The molecule has 0 saturated carbocycles. The number of alkyl carbamates (subject to hydrolysis) is 1. The van der Waals surface area contributed by atoms with Gasteiger partial charge in [0, 0.05) is 0 Å². The molecule has 2 atom stereocenters. The van der Waals surface area contributed by atoms with Gasteiger partial charge in [-0.2, -0.15) is 0 Å². The highest BCUT2D eigenvalue weighted by atomic mass is 16.5. The van der Waals surface area contributed by atoms with E-state index in [2.05, 4.69) is 10.6 Å². The summed E-state index contributed by atoms with van der Waals surface area (Å²) in [7, 11) is 1.29. The van der Waals surface area contributed by atoms with Gasteiger partial charge in [-0.15, -0.1) is 0 Å². The van der Waals surface area contributed by atoms with Crippen LogP contribution in [-0.4, -0.2) is 37.2 Å².